The van der Waals surface area contributed by atoms with Crippen LogP contribution in [0, 0.1) is 0 Å². The molecule has 0 aliphatic heterocycles. The number of anilines is 1. The second-order valence-electron chi connectivity index (χ2n) is 4.67. The lowest BCUT2D eigenvalue weighted by Gasteiger charge is -2.11. The van der Waals surface area contributed by atoms with Crippen LogP contribution in [0.25, 0.3) is 0 Å². The molecule has 0 fully saturated rings. The Balaban J connectivity index is 1.89. The molecule has 0 bridgehead atoms. The van der Waals surface area contributed by atoms with Crippen LogP contribution in [-0.4, -0.2) is 18.3 Å². The minimum atomic E-state index is -0.0923. The molecule has 0 aromatic heterocycles. The van der Waals surface area contributed by atoms with Crippen LogP contribution in [-0.2, 0) is 10.5 Å². The van der Waals surface area contributed by atoms with Gasteiger partial charge in [-0.15, -0.1) is 11.8 Å². The summed E-state index contributed by atoms with van der Waals surface area (Å²) < 4.78 is 5.49. The Morgan fingerprint density at radius 2 is 1.83 bits per heavy atom. The van der Waals surface area contributed by atoms with E-state index in [1.54, 1.807) is 18.2 Å². The van der Waals surface area contributed by atoms with Gasteiger partial charge in [-0.1, -0.05) is 41.4 Å². The van der Waals surface area contributed by atoms with Crippen molar-refractivity contribution in [1.29, 1.82) is 0 Å². The van der Waals surface area contributed by atoms with Crippen molar-refractivity contribution >= 4 is 46.6 Å². The SMILES string of the molecule is CCOc1ccccc1NC(=O)CSCc1c(Cl)cccc1Cl. The molecule has 23 heavy (non-hydrogen) atoms. The minimum absolute atomic E-state index is 0.0923. The monoisotopic (exact) mass is 369 g/mol. The molecule has 0 saturated carbocycles. The predicted octanol–water partition coefficient (Wildman–Crippen LogP) is 5.26. The fourth-order valence-electron chi connectivity index (χ4n) is 1.95. The van der Waals surface area contributed by atoms with Crippen LogP contribution in [0.15, 0.2) is 42.5 Å². The molecule has 0 saturated heterocycles. The molecule has 2 rings (SSSR count). The van der Waals surface area contributed by atoms with Crippen molar-refractivity contribution in [2.24, 2.45) is 0 Å². The van der Waals surface area contributed by atoms with Gasteiger partial charge < -0.3 is 10.1 Å². The minimum Gasteiger partial charge on any atom is -0.492 e. The van der Waals surface area contributed by atoms with Gasteiger partial charge in [0.25, 0.3) is 0 Å². The molecule has 0 unspecified atom stereocenters. The summed E-state index contributed by atoms with van der Waals surface area (Å²) in [5.74, 6) is 1.47. The maximum atomic E-state index is 12.1. The summed E-state index contributed by atoms with van der Waals surface area (Å²) in [6.45, 7) is 2.45. The lowest BCUT2D eigenvalue weighted by atomic mass is 10.2. The van der Waals surface area contributed by atoms with E-state index in [4.69, 9.17) is 27.9 Å². The third-order valence-electron chi connectivity index (χ3n) is 3.00. The van der Waals surface area contributed by atoms with Gasteiger partial charge in [-0.3, -0.25) is 4.79 Å². The van der Waals surface area contributed by atoms with E-state index in [9.17, 15) is 4.79 Å². The van der Waals surface area contributed by atoms with E-state index in [2.05, 4.69) is 5.32 Å². The number of nitrogens with one attached hydrogen (secondary N) is 1. The normalized spacial score (nSPS) is 10.4. The van der Waals surface area contributed by atoms with Gasteiger partial charge in [0.15, 0.2) is 0 Å². The van der Waals surface area contributed by atoms with Crippen molar-refractivity contribution in [2.45, 2.75) is 12.7 Å². The van der Waals surface area contributed by atoms with Gasteiger partial charge in [-0.2, -0.15) is 0 Å². The quantitative estimate of drug-likeness (QED) is 0.722. The number of halogens is 2. The number of amides is 1. The number of hydrogen-bond acceptors (Lipinski definition) is 3. The van der Waals surface area contributed by atoms with Crippen LogP contribution in [0.1, 0.15) is 12.5 Å². The van der Waals surface area contributed by atoms with Crippen LogP contribution in [0.3, 0.4) is 0 Å². The Labute approximate surface area is 150 Å². The number of ether oxygens (including phenoxy) is 1. The first kappa shape index (κ1) is 18.0. The van der Waals surface area contributed by atoms with Crippen molar-refractivity contribution in [3.63, 3.8) is 0 Å². The highest BCUT2D eigenvalue weighted by atomic mass is 35.5. The molecule has 0 atom stereocenters. The average molecular weight is 370 g/mol. The Morgan fingerprint density at radius 3 is 2.52 bits per heavy atom. The summed E-state index contributed by atoms with van der Waals surface area (Å²) in [6, 6.07) is 12.8. The molecule has 0 aliphatic carbocycles. The first-order valence-electron chi connectivity index (χ1n) is 7.14. The lowest BCUT2D eigenvalue weighted by Crippen LogP contribution is -2.15. The fraction of sp³-hybridized carbons (Fsp3) is 0.235. The zero-order valence-corrected chi connectivity index (χ0v) is 15.0. The molecule has 0 heterocycles. The summed E-state index contributed by atoms with van der Waals surface area (Å²) in [4.78, 5) is 12.1. The summed E-state index contributed by atoms with van der Waals surface area (Å²) in [5.41, 5.74) is 1.53. The number of para-hydroxylation sites is 2. The second-order valence-corrected chi connectivity index (χ2v) is 6.47. The molecule has 1 N–H and O–H groups in total. The Bertz CT molecular complexity index is 659. The third-order valence-corrected chi connectivity index (χ3v) is 4.67. The van der Waals surface area contributed by atoms with Crippen LogP contribution in [0.2, 0.25) is 10.0 Å². The van der Waals surface area contributed by atoms with Gasteiger partial charge in [0.2, 0.25) is 5.91 Å². The zero-order valence-electron chi connectivity index (χ0n) is 12.6. The smallest absolute Gasteiger partial charge is 0.234 e. The summed E-state index contributed by atoms with van der Waals surface area (Å²) in [7, 11) is 0. The number of rotatable bonds is 7. The van der Waals surface area contributed by atoms with Crippen molar-refractivity contribution in [2.75, 3.05) is 17.7 Å². The van der Waals surface area contributed by atoms with Gasteiger partial charge in [0.1, 0.15) is 5.75 Å². The number of carbonyl (C=O) groups is 1. The standard InChI is InChI=1S/C17H17Cl2NO2S/c1-2-22-16-9-4-3-8-15(16)20-17(21)11-23-10-12-13(18)6-5-7-14(12)19/h3-9H,2,10-11H2,1H3,(H,20,21). The number of thioether (sulfide) groups is 1. The highest BCUT2D eigenvalue weighted by Crippen LogP contribution is 2.28. The maximum absolute atomic E-state index is 12.1. The van der Waals surface area contributed by atoms with Crippen LogP contribution < -0.4 is 10.1 Å². The predicted molar refractivity (Wildman–Crippen MR) is 98.9 cm³/mol. The molecule has 122 valence electrons. The highest BCUT2D eigenvalue weighted by molar-refractivity contribution is 7.99. The molecule has 2 aromatic rings. The number of hydrogen-bond donors (Lipinski definition) is 1. The van der Waals surface area contributed by atoms with E-state index in [1.807, 2.05) is 31.2 Å². The largest absolute Gasteiger partial charge is 0.492 e. The molecule has 2 aromatic carbocycles. The van der Waals surface area contributed by atoms with Crippen molar-refractivity contribution in [1.82, 2.24) is 0 Å². The fourth-order valence-corrected chi connectivity index (χ4v) is 3.52. The average Bonchev–Trinajstić information content (AvgIpc) is 2.52. The topological polar surface area (TPSA) is 38.3 Å². The van der Waals surface area contributed by atoms with Crippen LogP contribution >= 0.6 is 35.0 Å². The summed E-state index contributed by atoms with van der Waals surface area (Å²) >= 11 is 13.7. The Morgan fingerprint density at radius 1 is 1.13 bits per heavy atom. The Kier molecular flexibility index (Phi) is 7.09. The first-order valence-corrected chi connectivity index (χ1v) is 9.05. The van der Waals surface area contributed by atoms with E-state index < -0.39 is 0 Å². The highest BCUT2D eigenvalue weighted by Gasteiger charge is 2.09. The summed E-state index contributed by atoms with van der Waals surface area (Å²) in [5, 5.41) is 4.10. The Hall–Kier alpha value is -1.36. The van der Waals surface area contributed by atoms with E-state index in [-0.39, 0.29) is 5.91 Å². The van der Waals surface area contributed by atoms with Crippen molar-refractivity contribution in [3.05, 3.63) is 58.1 Å². The van der Waals surface area contributed by atoms with Crippen molar-refractivity contribution in [3.8, 4) is 5.75 Å². The summed E-state index contributed by atoms with van der Waals surface area (Å²) in [6.07, 6.45) is 0. The molecule has 0 aliphatic rings. The molecular formula is C17H17Cl2NO2S. The molecular weight excluding hydrogens is 353 g/mol. The molecule has 1 amide bonds. The molecule has 0 spiro atoms. The number of carbonyl (C=O) groups excluding carboxylic acids is 1. The lowest BCUT2D eigenvalue weighted by molar-refractivity contribution is -0.113. The van der Waals surface area contributed by atoms with Crippen LogP contribution in [0.4, 0.5) is 5.69 Å². The van der Waals surface area contributed by atoms with Gasteiger partial charge in [0.05, 0.1) is 18.0 Å². The third kappa shape index (κ3) is 5.34. The molecule has 6 heteroatoms. The van der Waals surface area contributed by atoms with Gasteiger partial charge >= 0.3 is 0 Å². The van der Waals surface area contributed by atoms with Crippen molar-refractivity contribution < 1.29 is 9.53 Å². The van der Waals surface area contributed by atoms with E-state index in [0.717, 1.165) is 5.56 Å². The van der Waals surface area contributed by atoms with E-state index in [1.165, 1.54) is 11.8 Å². The van der Waals surface area contributed by atoms with Crippen LogP contribution in [0.5, 0.6) is 5.75 Å². The second kappa shape index (κ2) is 9.06. The van der Waals surface area contributed by atoms with Gasteiger partial charge in [-0.25, -0.2) is 0 Å². The van der Waals surface area contributed by atoms with E-state index >= 15 is 0 Å². The zero-order chi connectivity index (χ0) is 16.7. The maximum Gasteiger partial charge on any atom is 0.234 e. The molecule has 3 nitrogen and oxygen atoms in total. The van der Waals surface area contributed by atoms with E-state index in [0.29, 0.717) is 39.6 Å². The van der Waals surface area contributed by atoms with Gasteiger partial charge in [-0.05, 0) is 36.8 Å². The molecule has 0 radical (unpaired) electrons. The van der Waals surface area contributed by atoms with Gasteiger partial charge in [0, 0.05) is 15.8 Å². The number of benzene rings is 2. The first-order chi connectivity index (χ1) is 11.1.